The second-order valence-corrected chi connectivity index (χ2v) is 4.59. The molecule has 0 aliphatic heterocycles. The zero-order valence-corrected chi connectivity index (χ0v) is 11.0. The monoisotopic (exact) mass is 267 g/mol. The van der Waals surface area contributed by atoms with E-state index in [2.05, 4.69) is 27.2 Å². The van der Waals surface area contributed by atoms with Crippen molar-refractivity contribution >= 4 is 22.8 Å². The number of anilines is 1. The number of rotatable bonds is 3. The predicted molar refractivity (Wildman–Crippen MR) is 80.5 cm³/mol. The van der Waals surface area contributed by atoms with Gasteiger partial charge in [0, 0.05) is 29.7 Å². The molecule has 1 aromatic heterocycles. The number of nitrogens with one attached hydrogen (secondary N) is 1. The highest BCUT2D eigenvalue weighted by Crippen LogP contribution is 2.18. The van der Waals surface area contributed by atoms with E-state index in [4.69, 9.17) is 0 Å². The van der Waals surface area contributed by atoms with Gasteiger partial charge in [-0.2, -0.15) is 5.10 Å². The first-order valence-corrected chi connectivity index (χ1v) is 6.33. The van der Waals surface area contributed by atoms with Crippen molar-refractivity contribution in [2.45, 2.75) is 0 Å². The van der Waals surface area contributed by atoms with E-state index in [1.165, 1.54) is 12.1 Å². The van der Waals surface area contributed by atoms with E-state index in [1.54, 1.807) is 18.3 Å². The number of fused-ring (bicyclic) bond motifs is 1. The Bertz CT molecular complexity index is 757. The Labute approximate surface area is 116 Å². The van der Waals surface area contributed by atoms with Crippen LogP contribution >= 0.6 is 0 Å². The van der Waals surface area contributed by atoms with Crippen LogP contribution in [-0.2, 0) is 7.05 Å². The first-order valence-electron chi connectivity index (χ1n) is 6.33. The minimum absolute atomic E-state index is 0.256. The fourth-order valence-electron chi connectivity index (χ4n) is 2.18. The molecule has 0 unspecified atom stereocenters. The van der Waals surface area contributed by atoms with Gasteiger partial charge in [0.25, 0.3) is 0 Å². The SMILES string of the molecule is Cn1cc(/C=N/Nc2ccc(F)cc2)c2ccccc21. The summed E-state index contributed by atoms with van der Waals surface area (Å²) >= 11 is 0. The van der Waals surface area contributed by atoms with Gasteiger partial charge in [0.15, 0.2) is 0 Å². The zero-order chi connectivity index (χ0) is 13.9. The molecule has 3 nitrogen and oxygen atoms in total. The lowest BCUT2D eigenvalue weighted by atomic mass is 10.2. The molecule has 0 amide bonds. The number of hydrazone groups is 1. The minimum Gasteiger partial charge on any atom is -0.350 e. The summed E-state index contributed by atoms with van der Waals surface area (Å²) in [5, 5.41) is 5.35. The molecule has 3 rings (SSSR count). The van der Waals surface area contributed by atoms with Gasteiger partial charge in [-0.25, -0.2) is 4.39 Å². The molecular weight excluding hydrogens is 253 g/mol. The molecule has 3 aromatic rings. The molecule has 0 radical (unpaired) electrons. The van der Waals surface area contributed by atoms with Crippen LogP contribution in [0.15, 0.2) is 59.8 Å². The van der Waals surface area contributed by atoms with Crippen molar-refractivity contribution in [1.82, 2.24) is 4.57 Å². The van der Waals surface area contributed by atoms with Gasteiger partial charge in [0.05, 0.1) is 11.9 Å². The third-order valence-corrected chi connectivity index (χ3v) is 3.17. The molecule has 20 heavy (non-hydrogen) atoms. The number of hydrogen-bond acceptors (Lipinski definition) is 2. The van der Waals surface area contributed by atoms with Gasteiger partial charge in [-0.05, 0) is 30.3 Å². The molecule has 1 heterocycles. The van der Waals surface area contributed by atoms with Gasteiger partial charge in [0.1, 0.15) is 5.82 Å². The maximum absolute atomic E-state index is 12.8. The molecule has 0 fully saturated rings. The van der Waals surface area contributed by atoms with E-state index < -0.39 is 0 Å². The summed E-state index contributed by atoms with van der Waals surface area (Å²) in [6.45, 7) is 0. The average molecular weight is 267 g/mol. The second kappa shape index (κ2) is 5.17. The lowest BCUT2D eigenvalue weighted by Gasteiger charge is -1.98. The molecule has 0 atom stereocenters. The lowest BCUT2D eigenvalue weighted by Crippen LogP contribution is -1.90. The Morgan fingerprint density at radius 2 is 1.85 bits per heavy atom. The van der Waals surface area contributed by atoms with Gasteiger partial charge >= 0.3 is 0 Å². The van der Waals surface area contributed by atoms with Crippen molar-refractivity contribution in [2.75, 3.05) is 5.43 Å². The summed E-state index contributed by atoms with van der Waals surface area (Å²) in [5.41, 5.74) is 5.84. The fraction of sp³-hybridized carbons (Fsp3) is 0.0625. The summed E-state index contributed by atoms with van der Waals surface area (Å²) in [5.74, 6) is -0.256. The highest BCUT2D eigenvalue weighted by atomic mass is 19.1. The summed E-state index contributed by atoms with van der Waals surface area (Å²) in [4.78, 5) is 0. The Hall–Kier alpha value is -2.62. The van der Waals surface area contributed by atoms with Crippen LogP contribution in [-0.4, -0.2) is 10.8 Å². The number of benzene rings is 2. The van der Waals surface area contributed by atoms with Gasteiger partial charge < -0.3 is 4.57 Å². The molecular formula is C16H14FN3. The lowest BCUT2D eigenvalue weighted by molar-refractivity contribution is 0.628. The topological polar surface area (TPSA) is 29.3 Å². The normalized spacial score (nSPS) is 11.3. The molecule has 0 saturated heterocycles. The number of aromatic nitrogens is 1. The van der Waals surface area contributed by atoms with E-state index in [-0.39, 0.29) is 5.82 Å². The van der Waals surface area contributed by atoms with Crippen LogP contribution in [0.2, 0.25) is 0 Å². The van der Waals surface area contributed by atoms with Crippen LogP contribution in [0.4, 0.5) is 10.1 Å². The highest BCUT2D eigenvalue weighted by Gasteiger charge is 2.02. The van der Waals surface area contributed by atoms with Gasteiger partial charge in [-0.1, -0.05) is 18.2 Å². The summed E-state index contributed by atoms with van der Waals surface area (Å²) in [7, 11) is 2.01. The smallest absolute Gasteiger partial charge is 0.123 e. The van der Waals surface area contributed by atoms with E-state index in [1.807, 2.05) is 25.4 Å². The number of para-hydroxylation sites is 1. The summed E-state index contributed by atoms with van der Waals surface area (Å²) in [6, 6.07) is 14.2. The van der Waals surface area contributed by atoms with Crippen LogP contribution in [0.1, 0.15) is 5.56 Å². The number of halogens is 1. The molecule has 0 bridgehead atoms. The van der Waals surface area contributed by atoms with Crippen molar-refractivity contribution in [1.29, 1.82) is 0 Å². The predicted octanol–water partition coefficient (Wildman–Crippen LogP) is 3.76. The first-order chi connectivity index (χ1) is 9.74. The Morgan fingerprint density at radius 1 is 1.10 bits per heavy atom. The summed E-state index contributed by atoms with van der Waals surface area (Å²) in [6.07, 6.45) is 3.80. The Balaban J connectivity index is 1.82. The molecule has 100 valence electrons. The number of hydrogen-bond donors (Lipinski definition) is 1. The van der Waals surface area contributed by atoms with E-state index in [0.717, 1.165) is 22.2 Å². The van der Waals surface area contributed by atoms with Gasteiger partial charge in [-0.3, -0.25) is 5.43 Å². The Kier molecular flexibility index (Phi) is 3.21. The highest BCUT2D eigenvalue weighted by molar-refractivity contribution is 5.99. The third-order valence-electron chi connectivity index (χ3n) is 3.17. The van der Waals surface area contributed by atoms with Crippen molar-refractivity contribution in [3.63, 3.8) is 0 Å². The zero-order valence-electron chi connectivity index (χ0n) is 11.0. The van der Waals surface area contributed by atoms with Crippen molar-refractivity contribution in [3.05, 3.63) is 66.1 Å². The molecule has 0 aliphatic carbocycles. The quantitative estimate of drug-likeness (QED) is 0.568. The maximum Gasteiger partial charge on any atom is 0.123 e. The van der Waals surface area contributed by atoms with Crippen LogP contribution in [0, 0.1) is 5.82 Å². The van der Waals surface area contributed by atoms with Gasteiger partial charge in [-0.15, -0.1) is 0 Å². The first kappa shape index (κ1) is 12.4. The largest absolute Gasteiger partial charge is 0.350 e. The molecule has 0 saturated carbocycles. The summed E-state index contributed by atoms with van der Waals surface area (Å²) < 4.78 is 14.8. The third kappa shape index (κ3) is 2.40. The van der Waals surface area contributed by atoms with E-state index in [9.17, 15) is 4.39 Å². The number of nitrogens with zero attached hydrogens (tertiary/aromatic N) is 2. The van der Waals surface area contributed by atoms with Gasteiger partial charge in [0.2, 0.25) is 0 Å². The van der Waals surface area contributed by atoms with Crippen molar-refractivity contribution in [3.8, 4) is 0 Å². The molecule has 0 spiro atoms. The van der Waals surface area contributed by atoms with E-state index in [0.29, 0.717) is 0 Å². The minimum atomic E-state index is -0.256. The van der Waals surface area contributed by atoms with Crippen LogP contribution in [0.25, 0.3) is 10.9 Å². The van der Waals surface area contributed by atoms with Crippen molar-refractivity contribution in [2.24, 2.45) is 12.1 Å². The van der Waals surface area contributed by atoms with Crippen LogP contribution < -0.4 is 5.43 Å². The molecule has 2 aromatic carbocycles. The Morgan fingerprint density at radius 3 is 2.65 bits per heavy atom. The van der Waals surface area contributed by atoms with Crippen LogP contribution in [0.3, 0.4) is 0 Å². The molecule has 1 N–H and O–H groups in total. The molecule has 0 aliphatic rings. The average Bonchev–Trinajstić information content (AvgIpc) is 2.79. The number of aryl methyl sites for hydroxylation is 1. The fourth-order valence-corrected chi connectivity index (χ4v) is 2.18. The standard InChI is InChI=1S/C16H14FN3/c1-20-11-12(15-4-2-3-5-16(15)20)10-18-19-14-8-6-13(17)7-9-14/h2-11,19H,1H3/b18-10+. The maximum atomic E-state index is 12.8. The second-order valence-electron chi connectivity index (χ2n) is 4.59. The van der Waals surface area contributed by atoms with Crippen molar-refractivity contribution < 1.29 is 4.39 Å². The van der Waals surface area contributed by atoms with E-state index >= 15 is 0 Å². The van der Waals surface area contributed by atoms with Crippen LogP contribution in [0.5, 0.6) is 0 Å². The molecule has 4 heteroatoms.